The van der Waals surface area contributed by atoms with Gasteiger partial charge in [0.05, 0.1) is 37.7 Å². The fourth-order valence-corrected chi connectivity index (χ4v) is 6.56. The minimum Gasteiger partial charge on any atom is -0.469 e. The lowest BCUT2D eigenvalue weighted by Gasteiger charge is -2.40. The number of benzene rings is 1. The molecule has 1 N–H and O–H groups in total. The van der Waals surface area contributed by atoms with Crippen molar-refractivity contribution < 1.29 is 37.5 Å². The molecule has 0 bridgehead atoms. The van der Waals surface area contributed by atoms with E-state index in [9.17, 15) is 18.9 Å². The third-order valence-electron chi connectivity index (χ3n) is 5.64. The number of hydrogen-bond acceptors (Lipinski definition) is 10. The molecule has 3 atom stereocenters. The lowest BCUT2D eigenvalue weighted by Crippen LogP contribution is -2.50. The van der Waals surface area contributed by atoms with Gasteiger partial charge < -0.3 is 19.3 Å². The Hall–Kier alpha value is -2.59. The van der Waals surface area contributed by atoms with E-state index in [0.717, 1.165) is 10.4 Å². The number of nitrogens with one attached hydrogen (secondary N) is 1. The van der Waals surface area contributed by atoms with Gasteiger partial charge in [0.2, 0.25) is 5.91 Å². The molecule has 1 aromatic carbocycles. The Balaban J connectivity index is 1.70. The standard InChI is InChI=1S/C24H31N2O8PS/c1-24(2)15-33-35(30,34-21(24)22(28)26-10-9-20(27)31-3)14-18(11-19-12-25-16-36-19)23(29)32-13-17-7-5-4-6-8-17/h4-8,12,16,18,21H,9-11,13-15H2,1-3H3,(H,26,28)/t18-,21+,35?/m1/s1. The third-order valence-corrected chi connectivity index (χ3v) is 8.38. The molecule has 196 valence electrons. The number of methoxy groups -OCH3 is 1. The molecule has 2 aromatic rings. The van der Waals surface area contributed by atoms with E-state index in [1.165, 1.54) is 18.4 Å². The van der Waals surface area contributed by atoms with Crippen LogP contribution in [0.4, 0.5) is 0 Å². The summed E-state index contributed by atoms with van der Waals surface area (Å²) in [4.78, 5) is 42.1. The van der Waals surface area contributed by atoms with Crippen LogP contribution >= 0.6 is 18.9 Å². The topological polar surface area (TPSA) is 130 Å². The Morgan fingerprint density at radius 1 is 1.28 bits per heavy atom. The van der Waals surface area contributed by atoms with Gasteiger partial charge in [0.15, 0.2) is 6.10 Å². The van der Waals surface area contributed by atoms with Crippen molar-refractivity contribution in [2.24, 2.45) is 11.3 Å². The van der Waals surface area contributed by atoms with E-state index >= 15 is 0 Å². The Morgan fingerprint density at radius 3 is 2.69 bits per heavy atom. The van der Waals surface area contributed by atoms with Crippen LogP contribution in [0, 0.1) is 11.3 Å². The minimum atomic E-state index is -3.85. The summed E-state index contributed by atoms with van der Waals surface area (Å²) in [6, 6.07) is 9.24. The van der Waals surface area contributed by atoms with Gasteiger partial charge in [-0.25, -0.2) is 0 Å². The predicted octanol–water partition coefficient (Wildman–Crippen LogP) is 3.36. The zero-order chi connectivity index (χ0) is 26.2. The van der Waals surface area contributed by atoms with Crippen LogP contribution in [-0.4, -0.2) is 55.4 Å². The maximum absolute atomic E-state index is 13.7. The van der Waals surface area contributed by atoms with Crippen molar-refractivity contribution >= 4 is 36.8 Å². The Bertz CT molecular complexity index is 1080. The molecule has 10 nitrogen and oxygen atoms in total. The van der Waals surface area contributed by atoms with Crippen molar-refractivity contribution in [1.29, 1.82) is 0 Å². The van der Waals surface area contributed by atoms with Crippen LogP contribution in [0.2, 0.25) is 0 Å². The number of ether oxygens (including phenoxy) is 2. The zero-order valence-corrected chi connectivity index (χ0v) is 22.2. The summed E-state index contributed by atoms with van der Waals surface area (Å²) in [5, 5.41) is 2.62. The summed E-state index contributed by atoms with van der Waals surface area (Å²) < 4.78 is 35.2. The van der Waals surface area contributed by atoms with Crippen LogP contribution in [0.15, 0.2) is 42.0 Å². The van der Waals surface area contributed by atoms with Crippen LogP contribution in [0.3, 0.4) is 0 Å². The van der Waals surface area contributed by atoms with Crippen LogP contribution in [0.5, 0.6) is 0 Å². The molecule has 1 aromatic heterocycles. The van der Waals surface area contributed by atoms with Crippen molar-refractivity contribution in [2.45, 2.75) is 39.4 Å². The van der Waals surface area contributed by atoms with E-state index in [1.54, 1.807) is 25.6 Å². The maximum atomic E-state index is 13.7. The lowest BCUT2D eigenvalue weighted by molar-refractivity contribution is -0.149. The Labute approximate surface area is 214 Å². The number of aromatic nitrogens is 1. The zero-order valence-electron chi connectivity index (χ0n) is 20.5. The summed E-state index contributed by atoms with van der Waals surface area (Å²) in [5.74, 6) is -2.35. The van der Waals surface area contributed by atoms with Gasteiger partial charge in [0.1, 0.15) is 6.61 Å². The van der Waals surface area contributed by atoms with Crippen molar-refractivity contribution in [3.63, 3.8) is 0 Å². The first kappa shape index (κ1) is 28.0. The van der Waals surface area contributed by atoms with E-state index in [4.69, 9.17) is 13.8 Å². The van der Waals surface area contributed by atoms with Gasteiger partial charge in [0.25, 0.3) is 0 Å². The molecule has 3 rings (SSSR count). The fourth-order valence-electron chi connectivity index (χ4n) is 3.58. The van der Waals surface area contributed by atoms with Gasteiger partial charge in [-0.2, -0.15) is 0 Å². The summed E-state index contributed by atoms with van der Waals surface area (Å²) >= 11 is 1.37. The van der Waals surface area contributed by atoms with Crippen molar-refractivity contribution in [3.05, 3.63) is 52.5 Å². The smallest absolute Gasteiger partial charge is 0.332 e. The SMILES string of the molecule is COC(=O)CCNC(=O)[C@@H]1OP(=O)(C[C@@H](Cc2cncs2)C(=O)OCc2ccccc2)OCC1(C)C. The first-order chi connectivity index (χ1) is 17.1. The molecule has 1 amide bonds. The second-order valence-electron chi connectivity index (χ2n) is 9.12. The monoisotopic (exact) mass is 538 g/mol. The Morgan fingerprint density at radius 2 is 2.03 bits per heavy atom. The Kier molecular flexibility index (Phi) is 9.78. The second-order valence-corrected chi connectivity index (χ2v) is 12.1. The number of nitrogens with zero attached hydrogens (tertiary/aromatic N) is 1. The normalized spacial score (nSPS) is 21.8. The average Bonchev–Trinajstić information content (AvgIpc) is 3.37. The largest absolute Gasteiger partial charge is 0.469 e. The highest BCUT2D eigenvalue weighted by molar-refractivity contribution is 7.54. The summed E-state index contributed by atoms with van der Waals surface area (Å²) in [7, 11) is -2.59. The molecule has 0 saturated carbocycles. The fraction of sp³-hybridized carbons (Fsp3) is 0.500. The number of rotatable bonds is 11. The van der Waals surface area contributed by atoms with Gasteiger partial charge in [-0.3, -0.25) is 28.5 Å². The van der Waals surface area contributed by atoms with Gasteiger partial charge in [0, 0.05) is 23.0 Å². The first-order valence-corrected chi connectivity index (χ1v) is 14.1. The van der Waals surface area contributed by atoms with E-state index in [-0.39, 0.29) is 38.8 Å². The highest BCUT2D eigenvalue weighted by Gasteiger charge is 2.49. The quantitative estimate of drug-likeness (QED) is 0.338. The molecule has 1 saturated heterocycles. The molecule has 1 unspecified atom stereocenters. The summed E-state index contributed by atoms with van der Waals surface area (Å²) in [6.45, 7) is 3.62. The molecule has 12 heteroatoms. The highest BCUT2D eigenvalue weighted by atomic mass is 32.1. The number of thiazole rings is 1. The predicted molar refractivity (Wildman–Crippen MR) is 132 cm³/mol. The van der Waals surface area contributed by atoms with Gasteiger partial charge in [-0.1, -0.05) is 44.2 Å². The van der Waals surface area contributed by atoms with Crippen LogP contribution in [-0.2, 0) is 50.5 Å². The molecule has 1 fully saturated rings. The van der Waals surface area contributed by atoms with Gasteiger partial charge in [-0.05, 0) is 12.0 Å². The second kappa shape index (κ2) is 12.6. The molecule has 1 aliphatic heterocycles. The molecule has 1 aliphatic rings. The average molecular weight is 539 g/mol. The van der Waals surface area contributed by atoms with E-state index in [2.05, 4.69) is 15.0 Å². The van der Waals surface area contributed by atoms with Crippen LogP contribution in [0.1, 0.15) is 30.7 Å². The molecular weight excluding hydrogens is 507 g/mol. The summed E-state index contributed by atoms with van der Waals surface area (Å²) in [6.07, 6.45) is 0.531. The number of carbonyl (C=O) groups is 3. The van der Waals surface area contributed by atoms with Gasteiger partial charge in [-0.15, -0.1) is 11.3 Å². The number of esters is 2. The minimum absolute atomic E-state index is 0.00622. The first-order valence-electron chi connectivity index (χ1n) is 11.5. The molecule has 0 radical (unpaired) electrons. The third kappa shape index (κ3) is 7.96. The van der Waals surface area contributed by atoms with Crippen molar-refractivity contribution in [3.8, 4) is 0 Å². The highest BCUT2D eigenvalue weighted by Crippen LogP contribution is 2.57. The summed E-state index contributed by atoms with van der Waals surface area (Å²) in [5.41, 5.74) is 1.68. The molecule has 0 aliphatic carbocycles. The number of amides is 1. The molecule has 36 heavy (non-hydrogen) atoms. The van der Waals surface area contributed by atoms with E-state index in [1.807, 2.05) is 30.3 Å². The molecule has 2 heterocycles. The molecular formula is C24H31N2O8PS. The van der Waals surface area contributed by atoms with Crippen LogP contribution < -0.4 is 5.32 Å². The maximum Gasteiger partial charge on any atom is 0.332 e. The lowest BCUT2D eigenvalue weighted by atomic mass is 9.87. The van der Waals surface area contributed by atoms with Gasteiger partial charge >= 0.3 is 19.5 Å². The number of hydrogen-bond donors (Lipinski definition) is 1. The van der Waals surface area contributed by atoms with Crippen LogP contribution in [0.25, 0.3) is 0 Å². The van der Waals surface area contributed by atoms with E-state index < -0.39 is 42.9 Å². The van der Waals surface area contributed by atoms with Crippen molar-refractivity contribution in [2.75, 3.05) is 26.4 Å². The number of carbonyl (C=O) groups excluding carboxylic acids is 3. The van der Waals surface area contributed by atoms with Crippen molar-refractivity contribution in [1.82, 2.24) is 10.3 Å². The molecule has 0 spiro atoms. The van der Waals surface area contributed by atoms with E-state index in [0.29, 0.717) is 0 Å².